The van der Waals surface area contributed by atoms with Crippen molar-refractivity contribution in [2.45, 2.75) is 77.6 Å². The van der Waals surface area contributed by atoms with E-state index in [0.29, 0.717) is 16.9 Å². The van der Waals surface area contributed by atoms with Gasteiger partial charge in [-0.3, -0.25) is 14.7 Å². The lowest BCUT2D eigenvalue weighted by atomic mass is 9.78. The van der Waals surface area contributed by atoms with Crippen LogP contribution in [-0.2, 0) is 15.9 Å². The number of fused-ring (bicyclic) bond motifs is 1. The summed E-state index contributed by atoms with van der Waals surface area (Å²) in [6.45, 7) is 7.25. The van der Waals surface area contributed by atoms with Gasteiger partial charge in [0.1, 0.15) is 11.1 Å². The first-order valence-electron chi connectivity index (χ1n) is 9.63. The van der Waals surface area contributed by atoms with Crippen molar-refractivity contribution in [1.82, 2.24) is 14.5 Å². The maximum Gasteiger partial charge on any atom is 0.394 e. The van der Waals surface area contributed by atoms with E-state index in [2.05, 4.69) is 15.3 Å². The molecule has 1 aliphatic carbocycles. The van der Waals surface area contributed by atoms with Crippen LogP contribution >= 0.6 is 0 Å². The van der Waals surface area contributed by atoms with E-state index in [4.69, 9.17) is 0 Å². The molecule has 0 saturated heterocycles. The Morgan fingerprint density at radius 2 is 1.83 bits per heavy atom. The summed E-state index contributed by atoms with van der Waals surface area (Å²) in [5.74, 6) is -0.569. The maximum atomic E-state index is 13.2. The first-order chi connectivity index (χ1) is 13.1. The highest BCUT2D eigenvalue weighted by Crippen LogP contribution is 2.43. The Hall–Kier alpha value is -2.16. The molecule has 1 amide bonds. The quantitative estimate of drug-likeness (QED) is 0.759. The topological polar surface area (TPSA) is 80.0 Å². The standard InChI is InChI=1S/C20H27F3N4O2/c1-17(2,20(21,22)23)11-14(28)26-16-24-12-7-8-13(18(3,4)29)25-15(12)27(16)19(5)9-6-10-19/h7-8,29H,6,9-11H2,1-5H3,(H,24,26,28). The normalized spacial score (nSPS) is 17.3. The number of amides is 1. The van der Waals surface area contributed by atoms with Crippen molar-refractivity contribution in [3.63, 3.8) is 0 Å². The lowest BCUT2D eigenvalue weighted by molar-refractivity contribution is -0.213. The third-order valence-corrected chi connectivity index (χ3v) is 5.72. The van der Waals surface area contributed by atoms with Gasteiger partial charge in [0.2, 0.25) is 11.9 Å². The highest BCUT2D eigenvalue weighted by atomic mass is 19.4. The minimum absolute atomic E-state index is 0.186. The van der Waals surface area contributed by atoms with Gasteiger partial charge >= 0.3 is 6.18 Å². The number of rotatable bonds is 5. The second-order valence-electron chi connectivity index (χ2n) is 9.33. The van der Waals surface area contributed by atoms with Crippen molar-refractivity contribution in [2.75, 3.05) is 5.32 Å². The Kier molecular flexibility index (Phi) is 4.97. The van der Waals surface area contributed by atoms with E-state index in [1.165, 1.54) is 0 Å². The molecule has 1 fully saturated rings. The largest absolute Gasteiger partial charge is 0.394 e. The zero-order valence-corrected chi connectivity index (χ0v) is 17.3. The number of hydrogen-bond donors (Lipinski definition) is 2. The van der Waals surface area contributed by atoms with Crippen LogP contribution in [0.2, 0.25) is 0 Å². The van der Waals surface area contributed by atoms with Crippen molar-refractivity contribution in [3.8, 4) is 0 Å². The summed E-state index contributed by atoms with van der Waals surface area (Å²) < 4.78 is 41.3. The highest BCUT2D eigenvalue weighted by molar-refractivity contribution is 5.91. The lowest BCUT2D eigenvalue weighted by Gasteiger charge is -2.40. The van der Waals surface area contributed by atoms with Gasteiger partial charge in [-0.1, -0.05) is 13.8 Å². The van der Waals surface area contributed by atoms with Crippen LogP contribution in [0.3, 0.4) is 0 Å². The third kappa shape index (κ3) is 3.97. The molecular formula is C20H27F3N4O2. The monoisotopic (exact) mass is 412 g/mol. The molecule has 1 aliphatic rings. The molecule has 1 saturated carbocycles. The van der Waals surface area contributed by atoms with Crippen molar-refractivity contribution >= 4 is 23.0 Å². The van der Waals surface area contributed by atoms with E-state index in [0.717, 1.165) is 33.1 Å². The molecule has 0 spiro atoms. The van der Waals surface area contributed by atoms with Gasteiger partial charge in [-0.2, -0.15) is 13.2 Å². The number of aliphatic hydroxyl groups is 1. The summed E-state index contributed by atoms with van der Waals surface area (Å²) >= 11 is 0. The number of carbonyl (C=O) groups is 1. The molecule has 2 aromatic rings. The van der Waals surface area contributed by atoms with Gasteiger partial charge in [0, 0.05) is 12.0 Å². The molecular weight excluding hydrogens is 385 g/mol. The van der Waals surface area contributed by atoms with Crippen LogP contribution in [0.25, 0.3) is 11.2 Å². The number of halogens is 3. The number of nitrogens with one attached hydrogen (secondary N) is 1. The fourth-order valence-corrected chi connectivity index (χ4v) is 3.48. The first kappa shape index (κ1) is 21.5. The molecule has 29 heavy (non-hydrogen) atoms. The Bertz CT molecular complexity index is 938. The summed E-state index contributed by atoms with van der Waals surface area (Å²) in [6.07, 6.45) is -2.53. The lowest BCUT2D eigenvalue weighted by Crippen LogP contribution is -2.40. The van der Waals surface area contributed by atoms with Gasteiger partial charge in [-0.15, -0.1) is 0 Å². The second kappa shape index (κ2) is 6.68. The number of anilines is 1. The molecule has 160 valence electrons. The van der Waals surface area contributed by atoms with Crippen LogP contribution in [0.5, 0.6) is 0 Å². The predicted molar refractivity (Wildman–Crippen MR) is 103 cm³/mol. The fraction of sp³-hybridized carbons (Fsp3) is 0.650. The summed E-state index contributed by atoms with van der Waals surface area (Å²) in [4.78, 5) is 21.4. The molecule has 0 atom stereocenters. The van der Waals surface area contributed by atoms with E-state index in [-0.39, 0.29) is 11.5 Å². The van der Waals surface area contributed by atoms with Crippen molar-refractivity contribution in [3.05, 3.63) is 17.8 Å². The van der Waals surface area contributed by atoms with E-state index >= 15 is 0 Å². The number of carbonyl (C=O) groups excluding carboxylic acids is 1. The van der Waals surface area contributed by atoms with E-state index < -0.39 is 29.5 Å². The Labute approximate surface area is 167 Å². The minimum Gasteiger partial charge on any atom is -0.384 e. The van der Waals surface area contributed by atoms with Gasteiger partial charge in [-0.25, -0.2) is 9.97 Å². The maximum absolute atomic E-state index is 13.2. The van der Waals surface area contributed by atoms with Gasteiger partial charge in [0.05, 0.1) is 11.1 Å². The van der Waals surface area contributed by atoms with Crippen molar-refractivity contribution in [1.29, 1.82) is 0 Å². The Morgan fingerprint density at radius 1 is 1.21 bits per heavy atom. The summed E-state index contributed by atoms with van der Waals surface area (Å²) in [5.41, 5.74) is -2.20. The zero-order valence-electron chi connectivity index (χ0n) is 17.3. The average Bonchev–Trinajstić information content (AvgIpc) is 2.87. The number of nitrogens with zero attached hydrogens (tertiary/aromatic N) is 3. The van der Waals surface area contributed by atoms with Gasteiger partial charge < -0.3 is 5.11 Å². The van der Waals surface area contributed by atoms with Crippen LogP contribution < -0.4 is 5.32 Å². The zero-order chi connectivity index (χ0) is 21.8. The molecule has 0 aromatic carbocycles. The van der Waals surface area contributed by atoms with E-state index in [1.54, 1.807) is 30.5 Å². The summed E-state index contributed by atoms with van der Waals surface area (Å²) in [7, 11) is 0. The molecule has 0 unspecified atom stereocenters. The third-order valence-electron chi connectivity index (χ3n) is 5.72. The molecule has 2 N–H and O–H groups in total. The second-order valence-corrected chi connectivity index (χ2v) is 9.33. The van der Waals surface area contributed by atoms with Crippen molar-refractivity contribution in [2.24, 2.45) is 5.41 Å². The van der Waals surface area contributed by atoms with Crippen LogP contribution in [0, 0.1) is 5.41 Å². The van der Waals surface area contributed by atoms with Gasteiger partial charge in [0.25, 0.3) is 0 Å². The number of hydrogen-bond acceptors (Lipinski definition) is 4. The molecule has 6 nitrogen and oxygen atoms in total. The van der Waals surface area contributed by atoms with E-state index in [1.807, 2.05) is 6.92 Å². The van der Waals surface area contributed by atoms with Gasteiger partial charge in [-0.05, 0) is 52.2 Å². The van der Waals surface area contributed by atoms with Crippen molar-refractivity contribution < 1.29 is 23.1 Å². The van der Waals surface area contributed by atoms with Crippen LogP contribution in [0.1, 0.15) is 66.0 Å². The SMILES string of the molecule is CC(C)(O)c1ccc2nc(NC(=O)CC(C)(C)C(F)(F)F)n(C3(C)CCC3)c2n1. The average molecular weight is 412 g/mol. The summed E-state index contributed by atoms with van der Waals surface area (Å²) in [6, 6.07) is 3.35. The summed E-state index contributed by atoms with van der Waals surface area (Å²) in [5, 5.41) is 12.9. The fourth-order valence-electron chi connectivity index (χ4n) is 3.48. The number of aromatic nitrogens is 3. The van der Waals surface area contributed by atoms with Crippen LogP contribution in [0.4, 0.5) is 19.1 Å². The molecule has 3 rings (SSSR count). The highest BCUT2D eigenvalue weighted by Gasteiger charge is 2.48. The molecule has 0 aliphatic heterocycles. The molecule has 0 radical (unpaired) electrons. The number of imidazole rings is 1. The molecule has 0 bridgehead atoms. The molecule has 2 aromatic heterocycles. The van der Waals surface area contributed by atoms with Crippen LogP contribution in [-0.4, -0.2) is 31.7 Å². The first-order valence-corrected chi connectivity index (χ1v) is 9.63. The smallest absolute Gasteiger partial charge is 0.384 e. The Morgan fingerprint density at radius 3 is 2.31 bits per heavy atom. The van der Waals surface area contributed by atoms with Crippen LogP contribution in [0.15, 0.2) is 12.1 Å². The molecule has 2 heterocycles. The molecule has 9 heteroatoms. The van der Waals surface area contributed by atoms with Gasteiger partial charge in [0.15, 0.2) is 5.65 Å². The minimum atomic E-state index is -4.49. The number of pyridine rings is 1. The predicted octanol–water partition coefficient (Wildman–Crippen LogP) is 4.47. The van der Waals surface area contributed by atoms with E-state index in [9.17, 15) is 23.1 Å². The number of alkyl halides is 3. The Balaban J connectivity index is 2.01.